The van der Waals surface area contributed by atoms with Gasteiger partial charge in [0.15, 0.2) is 0 Å². The molecule has 0 aliphatic carbocycles. The van der Waals surface area contributed by atoms with E-state index in [1.54, 1.807) is 6.08 Å². The summed E-state index contributed by atoms with van der Waals surface area (Å²) >= 11 is 0. The van der Waals surface area contributed by atoms with Crippen molar-refractivity contribution in [2.75, 3.05) is 6.61 Å². The molecule has 4 heteroatoms. The summed E-state index contributed by atoms with van der Waals surface area (Å²) in [7, 11) is 0. The maximum absolute atomic E-state index is 12.5. The molecule has 0 aliphatic rings. The standard InChI is InChI=1S/C77H133NO3/c1-3-5-7-9-11-13-15-17-19-21-23-25-27-29-31-33-35-37-38-39-40-41-43-45-47-49-51-53-55-57-59-61-63-65-67-69-71-73-77(81)78-75(74-79)76(80)72-70-68-66-64-62-60-58-56-54-52-50-48-46-44-42-36-34-32-30-28-26-24-22-20-18-16-14-12-10-8-6-4-2/h5,7,11,13,17,19,23,25,29,31,35,37,39-40,43,45,54,56,62,64,70,72,75-76,79-80H,3-4,6,8-10,12,14-16,18,20-22,24,26-28,30,32-34,36,38,41-42,44,46-53,55,57-61,63,65-69,71,73-74H2,1-2H3,(H,78,81)/b7-5-,13-11-,19-17-,25-23-,31-29-,37-35-,40-39-,45-43-,56-54+,64-62+,72-70+. The van der Waals surface area contributed by atoms with Crippen molar-refractivity contribution in [1.29, 1.82) is 0 Å². The fourth-order valence-corrected chi connectivity index (χ4v) is 10.1. The topological polar surface area (TPSA) is 69.6 Å². The molecule has 81 heavy (non-hydrogen) atoms. The molecule has 0 aromatic carbocycles. The number of rotatable bonds is 63. The molecule has 0 saturated heterocycles. The molecule has 0 radical (unpaired) electrons. The highest BCUT2D eigenvalue weighted by atomic mass is 16.3. The van der Waals surface area contributed by atoms with Crippen LogP contribution in [0.3, 0.4) is 0 Å². The number of hydrogen-bond acceptors (Lipinski definition) is 3. The van der Waals surface area contributed by atoms with Crippen LogP contribution in [0, 0.1) is 0 Å². The van der Waals surface area contributed by atoms with Crippen LogP contribution in [0.4, 0.5) is 0 Å². The minimum absolute atomic E-state index is 0.0823. The lowest BCUT2D eigenvalue weighted by Crippen LogP contribution is -2.45. The van der Waals surface area contributed by atoms with Gasteiger partial charge in [0, 0.05) is 6.42 Å². The number of amides is 1. The Hall–Kier alpha value is -3.47. The van der Waals surface area contributed by atoms with Gasteiger partial charge in [-0.15, -0.1) is 0 Å². The zero-order valence-electron chi connectivity index (χ0n) is 53.5. The van der Waals surface area contributed by atoms with Gasteiger partial charge in [0.25, 0.3) is 0 Å². The molecule has 0 bridgehead atoms. The van der Waals surface area contributed by atoms with Crippen molar-refractivity contribution < 1.29 is 15.0 Å². The molecule has 0 aromatic heterocycles. The summed E-state index contributed by atoms with van der Waals surface area (Å²) in [5.41, 5.74) is 0. The van der Waals surface area contributed by atoms with Crippen molar-refractivity contribution in [3.8, 4) is 0 Å². The number of carbonyl (C=O) groups is 1. The molecular weight excluding hydrogens is 987 g/mol. The SMILES string of the molecule is CC/C=C\C/C=C\C/C=C\C/C=C\C/C=C\C/C=C\C/C=C\C/C=C\CCCCCCCCCCCCCCC(=O)NC(CO)C(O)/C=C/CC/C=C/CC/C=C/CCCCCCCCCCCCCCCCCCCCCCCC. The quantitative estimate of drug-likeness (QED) is 0.0420. The largest absolute Gasteiger partial charge is 0.394 e. The first kappa shape index (κ1) is 77.5. The second-order valence-corrected chi connectivity index (χ2v) is 23.2. The van der Waals surface area contributed by atoms with E-state index in [0.717, 1.165) is 89.9 Å². The summed E-state index contributed by atoms with van der Waals surface area (Å²) in [6.07, 6.45) is 110. The van der Waals surface area contributed by atoms with Gasteiger partial charge >= 0.3 is 0 Å². The highest BCUT2D eigenvalue weighted by Crippen LogP contribution is 2.17. The number of unbranched alkanes of at least 4 members (excludes halogenated alkanes) is 36. The van der Waals surface area contributed by atoms with Crippen LogP contribution in [-0.4, -0.2) is 34.9 Å². The minimum atomic E-state index is -0.882. The van der Waals surface area contributed by atoms with Crippen LogP contribution in [0.1, 0.15) is 328 Å². The van der Waals surface area contributed by atoms with E-state index in [1.165, 1.54) is 218 Å². The summed E-state index contributed by atoms with van der Waals surface area (Å²) in [6, 6.07) is -0.657. The fraction of sp³-hybridized carbons (Fsp3) is 0.701. The predicted octanol–water partition coefficient (Wildman–Crippen LogP) is 24.1. The molecule has 4 nitrogen and oxygen atoms in total. The molecule has 2 atom stereocenters. The van der Waals surface area contributed by atoms with Crippen molar-refractivity contribution >= 4 is 5.91 Å². The molecule has 1 amide bonds. The second kappa shape index (κ2) is 70.8. The van der Waals surface area contributed by atoms with Crippen LogP contribution in [0.5, 0.6) is 0 Å². The van der Waals surface area contributed by atoms with Gasteiger partial charge in [-0.1, -0.05) is 347 Å². The summed E-state index contributed by atoms with van der Waals surface area (Å²) in [6.45, 7) is 4.20. The number of aliphatic hydroxyl groups is 2. The Kier molecular flexibility index (Phi) is 67.8. The van der Waals surface area contributed by atoms with Crippen molar-refractivity contribution in [2.45, 2.75) is 341 Å². The van der Waals surface area contributed by atoms with Crippen LogP contribution in [0.2, 0.25) is 0 Å². The average Bonchev–Trinajstić information content (AvgIpc) is 3.47. The Labute approximate surface area is 504 Å². The lowest BCUT2D eigenvalue weighted by atomic mass is 10.0. The predicted molar refractivity (Wildman–Crippen MR) is 363 cm³/mol. The van der Waals surface area contributed by atoms with E-state index in [1.807, 2.05) is 6.08 Å². The summed E-state index contributed by atoms with van der Waals surface area (Å²) in [5, 5.41) is 23.3. The van der Waals surface area contributed by atoms with E-state index in [0.29, 0.717) is 6.42 Å². The van der Waals surface area contributed by atoms with Gasteiger partial charge in [-0.05, 0) is 109 Å². The van der Waals surface area contributed by atoms with E-state index in [4.69, 9.17) is 0 Å². The first-order valence-electron chi connectivity index (χ1n) is 34.9. The van der Waals surface area contributed by atoms with E-state index in [-0.39, 0.29) is 12.5 Å². The van der Waals surface area contributed by atoms with E-state index >= 15 is 0 Å². The average molecular weight is 1120 g/mol. The van der Waals surface area contributed by atoms with E-state index < -0.39 is 12.1 Å². The Balaban J connectivity index is 3.57. The molecule has 3 N–H and O–H groups in total. The third-order valence-corrected chi connectivity index (χ3v) is 15.3. The first-order valence-corrected chi connectivity index (χ1v) is 34.9. The summed E-state index contributed by atoms with van der Waals surface area (Å²) < 4.78 is 0. The smallest absolute Gasteiger partial charge is 0.220 e. The first-order chi connectivity index (χ1) is 40.2. The van der Waals surface area contributed by atoms with Crippen LogP contribution in [0.25, 0.3) is 0 Å². The number of aliphatic hydroxyl groups excluding tert-OH is 2. The molecule has 0 spiro atoms. The van der Waals surface area contributed by atoms with Gasteiger partial charge in [-0.25, -0.2) is 0 Å². The van der Waals surface area contributed by atoms with Gasteiger partial charge in [0.2, 0.25) is 5.91 Å². The molecule has 0 fully saturated rings. The Bertz CT molecular complexity index is 1600. The molecule has 0 saturated carbocycles. The molecule has 0 aromatic rings. The third kappa shape index (κ3) is 67.2. The molecule has 0 rings (SSSR count). The maximum Gasteiger partial charge on any atom is 0.220 e. The van der Waals surface area contributed by atoms with Crippen molar-refractivity contribution in [2.24, 2.45) is 0 Å². The van der Waals surface area contributed by atoms with Gasteiger partial charge in [0.05, 0.1) is 18.8 Å². The van der Waals surface area contributed by atoms with Crippen molar-refractivity contribution in [3.05, 3.63) is 134 Å². The molecule has 464 valence electrons. The van der Waals surface area contributed by atoms with Crippen molar-refractivity contribution in [1.82, 2.24) is 5.32 Å². The molecule has 2 unspecified atom stereocenters. The van der Waals surface area contributed by atoms with Crippen LogP contribution >= 0.6 is 0 Å². The summed E-state index contributed by atoms with van der Waals surface area (Å²) in [5.74, 6) is -0.0823. The number of allylic oxidation sites excluding steroid dienone is 21. The van der Waals surface area contributed by atoms with E-state index in [9.17, 15) is 15.0 Å². The van der Waals surface area contributed by atoms with Gasteiger partial charge in [-0.2, -0.15) is 0 Å². The molecule has 0 aliphatic heterocycles. The number of carbonyl (C=O) groups excluding carboxylic acids is 1. The summed E-state index contributed by atoms with van der Waals surface area (Å²) in [4.78, 5) is 12.5. The highest BCUT2D eigenvalue weighted by molar-refractivity contribution is 5.76. The van der Waals surface area contributed by atoms with Gasteiger partial charge in [0.1, 0.15) is 0 Å². The van der Waals surface area contributed by atoms with Crippen molar-refractivity contribution in [3.63, 3.8) is 0 Å². The number of hydrogen-bond donors (Lipinski definition) is 3. The van der Waals surface area contributed by atoms with Crippen LogP contribution in [0.15, 0.2) is 134 Å². The normalized spacial score (nSPS) is 13.6. The highest BCUT2D eigenvalue weighted by Gasteiger charge is 2.18. The van der Waals surface area contributed by atoms with Gasteiger partial charge < -0.3 is 15.5 Å². The zero-order chi connectivity index (χ0) is 58.4. The Morgan fingerprint density at radius 3 is 0.864 bits per heavy atom. The van der Waals surface area contributed by atoms with Gasteiger partial charge in [-0.3, -0.25) is 4.79 Å². The van der Waals surface area contributed by atoms with Crippen LogP contribution < -0.4 is 5.32 Å². The Morgan fingerprint density at radius 2 is 0.556 bits per heavy atom. The Morgan fingerprint density at radius 1 is 0.309 bits per heavy atom. The molecular formula is C77H133NO3. The lowest BCUT2D eigenvalue weighted by molar-refractivity contribution is -0.123. The zero-order valence-corrected chi connectivity index (χ0v) is 53.5. The fourth-order valence-electron chi connectivity index (χ4n) is 10.1. The van der Waals surface area contributed by atoms with Crippen LogP contribution in [-0.2, 0) is 4.79 Å². The second-order valence-electron chi connectivity index (χ2n) is 23.2. The maximum atomic E-state index is 12.5. The lowest BCUT2D eigenvalue weighted by Gasteiger charge is -2.19. The molecule has 0 heterocycles. The minimum Gasteiger partial charge on any atom is -0.394 e. The number of nitrogens with one attached hydrogen (secondary N) is 1. The third-order valence-electron chi connectivity index (χ3n) is 15.3. The monoisotopic (exact) mass is 1120 g/mol. The van der Waals surface area contributed by atoms with E-state index in [2.05, 4.69) is 141 Å².